The molecule has 5 aromatic rings. The zero-order valence-electron chi connectivity index (χ0n) is 17.6. The summed E-state index contributed by atoms with van der Waals surface area (Å²) in [5, 5.41) is 3.20. The molecule has 1 atom stereocenters. The summed E-state index contributed by atoms with van der Waals surface area (Å²) in [6.45, 7) is 1.94. The van der Waals surface area contributed by atoms with Crippen LogP contribution in [0.2, 0.25) is 0 Å². The van der Waals surface area contributed by atoms with E-state index in [0.717, 1.165) is 0 Å². The van der Waals surface area contributed by atoms with Crippen molar-refractivity contribution in [2.24, 2.45) is 0 Å². The molecule has 11 heteroatoms. The summed E-state index contributed by atoms with van der Waals surface area (Å²) < 4.78 is 17.1. The normalized spacial score (nSPS) is 12.2. The molecule has 0 aliphatic heterocycles. The van der Waals surface area contributed by atoms with E-state index in [1.54, 1.807) is 18.2 Å². The number of benzene rings is 2. The first-order valence-corrected chi connectivity index (χ1v) is 10.3. The maximum Gasteiger partial charge on any atom is 0.283 e. The van der Waals surface area contributed by atoms with Crippen molar-refractivity contribution in [3.05, 3.63) is 83.2 Å². The third-order valence-electron chi connectivity index (χ3n) is 5.28. The predicted molar refractivity (Wildman–Crippen MR) is 124 cm³/mol. The van der Waals surface area contributed by atoms with Crippen LogP contribution in [0.3, 0.4) is 0 Å². The fourth-order valence-corrected chi connectivity index (χ4v) is 3.66. The summed E-state index contributed by atoms with van der Waals surface area (Å²) in [5.74, 6) is 6.03. The number of para-hydroxylation sites is 1. The van der Waals surface area contributed by atoms with Crippen molar-refractivity contribution in [1.82, 2.24) is 29.3 Å². The Hall–Kier alpha value is -4.54. The molecule has 166 valence electrons. The number of nitrogens with zero attached hydrogens (tertiary/aromatic N) is 6. The van der Waals surface area contributed by atoms with E-state index in [0.29, 0.717) is 34.9 Å². The van der Waals surface area contributed by atoms with Gasteiger partial charge in [0.2, 0.25) is 0 Å². The molecule has 10 nitrogen and oxygen atoms in total. The number of aromatic nitrogens is 6. The minimum absolute atomic E-state index is 0.0918. The van der Waals surface area contributed by atoms with Gasteiger partial charge in [-0.2, -0.15) is 0 Å². The second-order valence-corrected chi connectivity index (χ2v) is 7.37. The van der Waals surface area contributed by atoms with Gasteiger partial charge < -0.3 is 11.2 Å². The summed E-state index contributed by atoms with van der Waals surface area (Å²) in [6.07, 6.45) is 3.36. The van der Waals surface area contributed by atoms with Crippen LogP contribution in [0.25, 0.3) is 22.1 Å². The van der Waals surface area contributed by atoms with Crippen molar-refractivity contribution in [1.29, 1.82) is 0 Å². The van der Waals surface area contributed by atoms with E-state index in [2.05, 4.69) is 30.7 Å². The first-order valence-electron chi connectivity index (χ1n) is 10.3. The molecule has 0 spiro atoms. The molecule has 0 aliphatic rings. The van der Waals surface area contributed by atoms with E-state index in [1.165, 1.54) is 34.1 Å². The van der Waals surface area contributed by atoms with Crippen LogP contribution in [0.15, 0.2) is 66.0 Å². The van der Waals surface area contributed by atoms with Crippen LogP contribution in [0.5, 0.6) is 0 Å². The SMILES string of the molecule is CCC(Nc1ncnc2c1ncn2N)c1nc2cccc(F)c2c(=O)n1Nc1ccccc1. The van der Waals surface area contributed by atoms with Crippen LogP contribution < -0.4 is 22.1 Å². The molecular formula is C22H20FN9O. The Labute approximate surface area is 186 Å². The van der Waals surface area contributed by atoms with Crippen molar-refractivity contribution >= 4 is 33.6 Å². The molecule has 1 unspecified atom stereocenters. The van der Waals surface area contributed by atoms with E-state index in [-0.39, 0.29) is 10.9 Å². The van der Waals surface area contributed by atoms with Crippen LogP contribution in [0.1, 0.15) is 25.2 Å². The lowest BCUT2D eigenvalue weighted by Gasteiger charge is -2.22. The topological polar surface area (TPSA) is 129 Å². The molecule has 0 radical (unpaired) electrons. The summed E-state index contributed by atoms with van der Waals surface area (Å²) in [7, 11) is 0. The van der Waals surface area contributed by atoms with Crippen LogP contribution in [0, 0.1) is 5.82 Å². The Morgan fingerprint density at radius 1 is 1.09 bits per heavy atom. The van der Waals surface area contributed by atoms with Gasteiger partial charge in [-0.25, -0.2) is 33.7 Å². The van der Waals surface area contributed by atoms with Crippen molar-refractivity contribution in [3.63, 3.8) is 0 Å². The highest BCUT2D eigenvalue weighted by atomic mass is 19.1. The molecule has 0 bridgehead atoms. The second kappa shape index (κ2) is 8.19. The highest BCUT2D eigenvalue weighted by Crippen LogP contribution is 2.25. The molecule has 0 amide bonds. The molecule has 0 saturated heterocycles. The summed E-state index contributed by atoms with van der Waals surface area (Å²) >= 11 is 0. The van der Waals surface area contributed by atoms with Gasteiger partial charge in [0.25, 0.3) is 5.56 Å². The number of halogens is 1. The largest absolute Gasteiger partial charge is 0.358 e. The molecule has 2 aromatic carbocycles. The van der Waals surface area contributed by atoms with E-state index < -0.39 is 17.4 Å². The lowest BCUT2D eigenvalue weighted by molar-refractivity contribution is 0.622. The second-order valence-electron chi connectivity index (χ2n) is 7.37. The van der Waals surface area contributed by atoms with Gasteiger partial charge in [-0.1, -0.05) is 31.2 Å². The average Bonchev–Trinajstić information content (AvgIpc) is 3.21. The lowest BCUT2D eigenvalue weighted by Crippen LogP contribution is -2.34. The van der Waals surface area contributed by atoms with Gasteiger partial charge in [0.15, 0.2) is 22.8 Å². The van der Waals surface area contributed by atoms with Gasteiger partial charge in [-0.05, 0) is 30.7 Å². The highest BCUT2D eigenvalue weighted by Gasteiger charge is 2.22. The van der Waals surface area contributed by atoms with Gasteiger partial charge in [0.05, 0.1) is 17.2 Å². The molecular weight excluding hydrogens is 425 g/mol. The minimum Gasteiger partial charge on any atom is -0.358 e. The molecule has 3 heterocycles. The Balaban J connectivity index is 1.67. The molecule has 0 saturated carbocycles. The smallest absolute Gasteiger partial charge is 0.283 e. The fraction of sp³-hybridized carbons (Fsp3) is 0.136. The van der Waals surface area contributed by atoms with Crippen molar-refractivity contribution in [2.45, 2.75) is 19.4 Å². The molecule has 3 aromatic heterocycles. The number of anilines is 2. The lowest BCUT2D eigenvalue weighted by atomic mass is 10.1. The maximum absolute atomic E-state index is 14.6. The maximum atomic E-state index is 14.6. The van der Waals surface area contributed by atoms with E-state index in [9.17, 15) is 9.18 Å². The third-order valence-corrected chi connectivity index (χ3v) is 5.28. The average molecular weight is 445 g/mol. The highest BCUT2D eigenvalue weighted by molar-refractivity contribution is 5.83. The Kier molecular flexibility index (Phi) is 5.05. The quantitative estimate of drug-likeness (QED) is 0.340. The Morgan fingerprint density at radius 2 is 1.91 bits per heavy atom. The van der Waals surface area contributed by atoms with Crippen LogP contribution in [-0.4, -0.2) is 29.3 Å². The van der Waals surface area contributed by atoms with E-state index in [1.807, 2.05) is 25.1 Å². The van der Waals surface area contributed by atoms with Crippen LogP contribution in [0.4, 0.5) is 15.9 Å². The third kappa shape index (κ3) is 3.59. The number of nitrogens with two attached hydrogens (primary N) is 1. The summed E-state index contributed by atoms with van der Waals surface area (Å²) in [5.41, 5.74) is 4.37. The molecule has 33 heavy (non-hydrogen) atoms. The number of nitrogen functional groups attached to an aromatic ring is 1. The number of hydrogen-bond donors (Lipinski definition) is 3. The zero-order chi connectivity index (χ0) is 22.9. The van der Waals surface area contributed by atoms with Gasteiger partial charge in [-0.15, -0.1) is 0 Å². The van der Waals surface area contributed by atoms with Gasteiger partial charge in [0.1, 0.15) is 23.9 Å². The van der Waals surface area contributed by atoms with Crippen LogP contribution in [-0.2, 0) is 0 Å². The molecule has 0 fully saturated rings. The Morgan fingerprint density at radius 3 is 2.70 bits per heavy atom. The molecule has 5 rings (SSSR count). The summed E-state index contributed by atoms with van der Waals surface area (Å²) in [6, 6.07) is 13.0. The zero-order valence-corrected chi connectivity index (χ0v) is 17.6. The monoisotopic (exact) mass is 445 g/mol. The number of nitrogens with one attached hydrogen (secondary N) is 2. The van der Waals surface area contributed by atoms with Crippen molar-refractivity contribution in [3.8, 4) is 0 Å². The molecule has 0 aliphatic carbocycles. The van der Waals surface area contributed by atoms with E-state index in [4.69, 9.17) is 5.84 Å². The Bertz CT molecular complexity index is 1510. The number of hydrogen-bond acceptors (Lipinski definition) is 8. The first-order chi connectivity index (χ1) is 16.1. The minimum atomic E-state index is -0.632. The van der Waals surface area contributed by atoms with E-state index >= 15 is 0 Å². The predicted octanol–water partition coefficient (Wildman–Crippen LogP) is 2.83. The standard InChI is InChI=1S/C22H20FN9O/c1-2-15(28-19-18-21(26-11-25-19)31(24)12-27-18)20-29-16-10-6-9-14(23)17(16)22(33)32(20)30-13-7-4-3-5-8-13/h3-12,15,30H,2,24H2,1H3,(H,25,26,28). The number of rotatable bonds is 6. The van der Waals surface area contributed by atoms with Gasteiger partial charge >= 0.3 is 0 Å². The van der Waals surface area contributed by atoms with Crippen molar-refractivity contribution < 1.29 is 4.39 Å². The first kappa shape index (κ1) is 20.4. The van der Waals surface area contributed by atoms with Gasteiger partial charge in [0, 0.05) is 0 Å². The van der Waals surface area contributed by atoms with Crippen LogP contribution >= 0.6 is 0 Å². The molecule has 4 N–H and O–H groups in total. The number of imidazole rings is 1. The van der Waals surface area contributed by atoms with Gasteiger partial charge in [-0.3, -0.25) is 10.2 Å². The number of fused-ring (bicyclic) bond motifs is 2. The fourth-order valence-electron chi connectivity index (χ4n) is 3.66. The summed E-state index contributed by atoms with van der Waals surface area (Å²) in [4.78, 5) is 30.8. The van der Waals surface area contributed by atoms with Crippen molar-refractivity contribution in [2.75, 3.05) is 16.6 Å².